The molecule has 0 aliphatic carbocycles. The molecule has 4 rings (SSSR count). The lowest BCUT2D eigenvalue weighted by Gasteiger charge is -2.20. The van der Waals surface area contributed by atoms with E-state index in [1.54, 1.807) is 16.8 Å². The molecule has 0 fully saturated rings. The fraction of sp³-hybridized carbons (Fsp3) is 0.320. The fourth-order valence-corrected chi connectivity index (χ4v) is 4.02. The molecule has 7 nitrogen and oxygen atoms in total. The van der Waals surface area contributed by atoms with Crippen molar-refractivity contribution in [1.29, 1.82) is 0 Å². The van der Waals surface area contributed by atoms with Gasteiger partial charge in [-0.3, -0.25) is 0 Å². The van der Waals surface area contributed by atoms with Crippen molar-refractivity contribution in [2.24, 2.45) is 5.73 Å². The normalized spacial score (nSPS) is 12.2. The first kappa shape index (κ1) is 22.7. The molecule has 2 aromatic carbocycles. The Bertz CT molecular complexity index is 1260. The summed E-state index contributed by atoms with van der Waals surface area (Å²) in [7, 11) is 1.95. The second kappa shape index (κ2) is 9.54. The molecule has 8 heteroatoms. The van der Waals surface area contributed by atoms with Gasteiger partial charge in [0.25, 0.3) is 0 Å². The molecular weight excluding hydrogens is 419 g/mol. The highest BCUT2D eigenvalue weighted by Crippen LogP contribution is 2.30. The summed E-state index contributed by atoms with van der Waals surface area (Å²) in [6.07, 6.45) is 0.741. The van der Waals surface area contributed by atoms with Gasteiger partial charge < -0.3 is 15.4 Å². The Morgan fingerprint density at radius 1 is 1.12 bits per heavy atom. The minimum absolute atomic E-state index is 0.0835. The van der Waals surface area contributed by atoms with Crippen molar-refractivity contribution in [3.63, 3.8) is 0 Å². The molecule has 0 saturated heterocycles. The number of fused-ring (bicyclic) bond motifs is 1. The van der Waals surface area contributed by atoms with Gasteiger partial charge in [0.05, 0.1) is 23.4 Å². The lowest BCUT2D eigenvalue weighted by atomic mass is 10.0. The first-order valence-corrected chi connectivity index (χ1v) is 11.1. The SMILES string of the molecule is CCOc1ccc(-n2nc3c(N(C)CCC(N)c4ccccc4)nnc(C)c3c2C)c(F)c1. The Morgan fingerprint density at radius 3 is 2.58 bits per heavy atom. The third-order valence-corrected chi connectivity index (χ3v) is 5.81. The van der Waals surface area contributed by atoms with Gasteiger partial charge in [-0.05, 0) is 44.9 Å². The van der Waals surface area contributed by atoms with Crippen molar-refractivity contribution in [2.45, 2.75) is 33.2 Å². The van der Waals surface area contributed by atoms with Crippen LogP contribution in [-0.4, -0.2) is 40.2 Å². The molecule has 4 aromatic rings. The summed E-state index contributed by atoms with van der Waals surface area (Å²) >= 11 is 0. The molecular formula is C25H29FN6O. The second-order valence-corrected chi connectivity index (χ2v) is 8.10. The topological polar surface area (TPSA) is 82.1 Å². The standard InChI is InChI=1S/C25H29FN6O/c1-5-33-19-11-12-22(20(26)15-19)32-17(3)23-16(2)28-29-25(24(23)30-32)31(4)14-13-21(27)18-9-7-6-8-10-18/h6-12,15,21H,5,13-14,27H2,1-4H3. The Balaban J connectivity index is 1.66. The van der Waals surface area contributed by atoms with E-state index in [9.17, 15) is 4.39 Å². The van der Waals surface area contributed by atoms with E-state index >= 15 is 0 Å². The monoisotopic (exact) mass is 448 g/mol. The summed E-state index contributed by atoms with van der Waals surface area (Å²) in [4.78, 5) is 2.00. The minimum atomic E-state index is -0.404. The van der Waals surface area contributed by atoms with Crippen LogP contribution >= 0.6 is 0 Å². The van der Waals surface area contributed by atoms with Crippen LogP contribution in [0.25, 0.3) is 16.6 Å². The van der Waals surface area contributed by atoms with Gasteiger partial charge >= 0.3 is 0 Å². The second-order valence-electron chi connectivity index (χ2n) is 8.10. The summed E-state index contributed by atoms with van der Waals surface area (Å²) < 4.78 is 21.9. The number of aromatic nitrogens is 4. The first-order valence-electron chi connectivity index (χ1n) is 11.1. The maximum absolute atomic E-state index is 14.9. The van der Waals surface area contributed by atoms with E-state index in [0.29, 0.717) is 35.9 Å². The van der Waals surface area contributed by atoms with E-state index in [4.69, 9.17) is 15.6 Å². The van der Waals surface area contributed by atoms with Gasteiger partial charge in [0.15, 0.2) is 11.6 Å². The number of aryl methyl sites for hydroxylation is 2. The number of nitrogens with two attached hydrogens (primary N) is 1. The maximum atomic E-state index is 14.9. The molecule has 172 valence electrons. The molecule has 0 saturated carbocycles. The van der Waals surface area contributed by atoms with Gasteiger partial charge in [0, 0.05) is 25.7 Å². The predicted octanol–water partition coefficient (Wildman–Crippen LogP) is 4.50. The highest BCUT2D eigenvalue weighted by molar-refractivity contribution is 5.92. The van der Waals surface area contributed by atoms with Crippen LogP contribution in [0.4, 0.5) is 10.2 Å². The third-order valence-electron chi connectivity index (χ3n) is 5.81. The summed E-state index contributed by atoms with van der Waals surface area (Å²) in [6.45, 7) is 6.81. The molecule has 0 spiro atoms. The first-order chi connectivity index (χ1) is 15.9. The summed E-state index contributed by atoms with van der Waals surface area (Å²) in [5.41, 5.74) is 10.1. The van der Waals surface area contributed by atoms with Gasteiger partial charge in [-0.2, -0.15) is 10.2 Å². The van der Waals surface area contributed by atoms with Crippen LogP contribution in [0.2, 0.25) is 0 Å². The van der Waals surface area contributed by atoms with Gasteiger partial charge in [0.1, 0.15) is 17.0 Å². The van der Waals surface area contributed by atoms with E-state index in [1.165, 1.54) is 6.07 Å². The molecule has 0 amide bonds. The fourth-order valence-electron chi connectivity index (χ4n) is 4.02. The average molecular weight is 449 g/mol. The largest absolute Gasteiger partial charge is 0.494 e. The van der Waals surface area contributed by atoms with Gasteiger partial charge in [-0.15, -0.1) is 5.10 Å². The molecule has 2 heterocycles. The quantitative estimate of drug-likeness (QED) is 0.428. The van der Waals surface area contributed by atoms with Crippen molar-refractivity contribution in [3.05, 3.63) is 71.3 Å². The maximum Gasteiger partial charge on any atom is 0.179 e. The van der Waals surface area contributed by atoms with Crippen LogP contribution in [-0.2, 0) is 0 Å². The summed E-state index contributed by atoms with van der Waals surface area (Å²) in [6, 6.07) is 14.7. The predicted molar refractivity (Wildman–Crippen MR) is 129 cm³/mol. The molecule has 2 aromatic heterocycles. The van der Waals surface area contributed by atoms with Crippen molar-refractivity contribution in [2.75, 3.05) is 25.1 Å². The number of hydrogen-bond donors (Lipinski definition) is 1. The molecule has 2 N–H and O–H groups in total. The number of halogens is 1. The van der Waals surface area contributed by atoms with Crippen LogP contribution in [0.3, 0.4) is 0 Å². The number of benzene rings is 2. The van der Waals surface area contributed by atoms with Crippen LogP contribution in [0.5, 0.6) is 5.75 Å². The lowest BCUT2D eigenvalue weighted by molar-refractivity contribution is 0.338. The Morgan fingerprint density at radius 2 is 1.88 bits per heavy atom. The highest BCUT2D eigenvalue weighted by Gasteiger charge is 2.21. The van der Waals surface area contributed by atoms with Gasteiger partial charge in [0.2, 0.25) is 0 Å². The zero-order valence-electron chi connectivity index (χ0n) is 19.4. The number of anilines is 1. The Kier molecular flexibility index (Phi) is 6.55. The number of nitrogens with zero attached hydrogens (tertiary/aromatic N) is 5. The van der Waals surface area contributed by atoms with E-state index in [0.717, 1.165) is 28.8 Å². The molecule has 1 unspecified atom stereocenters. The molecule has 1 atom stereocenters. The molecule has 33 heavy (non-hydrogen) atoms. The van der Waals surface area contributed by atoms with Crippen molar-refractivity contribution in [3.8, 4) is 11.4 Å². The van der Waals surface area contributed by atoms with Crippen molar-refractivity contribution >= 4 is 16.7 Å². The van der Waals surface area contributed by atoms with E-state index in [-0.39, 0.29) is 6.04 Å². The smallest absolute Gasteiger partial charge is 0.179 e. The van der Waals surface area contributed by atoms with Gasteiger partial charge in [-0.25, -0.2) is 9.07 Å². The van der Waals surface area contributed by atoms with Crippen LogP contribution < -0.4 is 15.4 Å². The molecule has 0 radical (unpaired) electrons. The van der Waals surface area contributed by atoms with E-state index in [2.05, 4.69) is 10.2 Å². The van der Waals surface area contributed by atoms with Crippen molar-refractivity contribution < 1.29 is 9.13 Å². The summed E-state index contributed by atoms with van der Waals surface area (Å²) in [5, 5.41) is 14.4. The van der Waals surface area contributed by atoms with Crippen LogP contribution in [0.1, 0.15) is 36.3 Å². The lowest BCUT2D eigenvalue weighted by Crippen LogP contribution is -2.24. The van der Waals surface area contributed by atoms with E-state index < -0.39 is 5.82 Å². The Labute approximate surface area is 193 Å². The molecule has 0 bridgehead atoms. The van der Waals surface area contributed by atoms with Crippen LogP contribution in [0.15, 0.2) is 48.5 Å². The zero-order chi connectivity index (χ0) is 23.5. The molecule has 0 aliphatic rings. The van der Waals surface area contributed by atoms with E-state index in [1.807, 2.05) is 63.1 Å². The highest BCUT2D eigenvalue weighted by atomic mass is 19.1. The number of ether oxygens (including phenoxy) is 1. The summed E-state index contributed by atoms with van der Waals surface area (Å²) in [5.74, 6) is 0.728. The zero-order valence-corrected chi connectivity index (χ0v) is 19.4. The number of rotatable bonds is 8. The molecule has 0 aliphatic heterocycles. The van der Waals surface area contributed by atoms with Crippen molar-refractivity contribution in [1.82, 2.24) is 20.0 Å². The minimum Gasteiger partial charge on any atom is -0.494 e. The number of hydrogen-bond acceptors (Lipinski definition) is 6. The average Bonchev–Trinajstić information content (AvgIpc) is 3.16. The Hall–Kier alpha value is -3.52. The third kappa shape index (κ3) is 4.52. The van der Waals surface area contributed by atoms with Gasteiger partial charge in [-0.1, -0.05) is 30.3 Å². The van der Waals surface area contributed by atoms with Crippen LogP contribution in [0, 0.1) is 19.7 Å².